The maximum atomic E-state index is 13.1. The van der Waals surface area contributed by atoms with E-state index in [-0.39, 0.29) is 9.92 Å². The zero-order valence-electron chi connectivity index (χ0n) is 14.3. The number of anilines is 1. The van der Waals surface area contributed by atoms with Crippen LogP contribution in [0, 0.1) is 6.92 Å². The van der Waals surface area contributed by atoms with Gasteiger partial charge in [0.05, 0.1) is 22.2 Å². The van der Waals surface area contributed by atoms with E-state index in [0.29, 0.717) is 6.07 Å². The smallest absolute Gasteiger partial charge is 0.324 e. The fourth-order valence-electron chi connectivity index (χ4n) is 2.17. The van der Waals surface area contributed by atoms with Gasteiger partial charge in [-0.3, -0.25) is 4.79 Å². The van der Waals surface area contributed by atoms with Gasteiger partial charge in [0, 0.05) is 5.02 Å². The third-order valence-corrected chi connectivity index (χ3v) is 5.39. The molecule has 0 aromatic heterocycles. The van der Waals surface area contributed by atoms with Crippen LogP contribution < -0.4 is 10.0 Å². The van der Waals surface area contributed by atoms with Gasteiger partial charge >= 0.3 is 6.18 Å². The summed E-state index contributed by atoms with van der Waals surface area (Å²) in [5.74, 6) is -0.946. The van der Waals surface area contributed by atoms with Crippen LogP contribution in [0.3, 0.4) is 0 Å². The Morgan fingerprint density at radius 3 is 2.26 bits per heavy atom. The first-order valence-corrected chi connectivity index (χ1v) is 9.53. The van der Waals surface area contributed by atoms with E-state index in [1.165, 1.54) is 25.1 Å². The molecule has 0 fully saturated rings. The molecule has 10 heteroatoms. The molecule has 0 spiro atoms. The molecule has 0 bridgehead atoms. The van der Waals surface area contributed by atoms with Gasteiger partial charge in [0.25, 0.3) is 0 Å². The van der Waals surface area contributed by atoms with Crippen LogP contribution in [0.25, 0.3) is 0 Å². The number of nitrogens with one attached hydrogen (secondary N) is 2. The molecule has 5 nitrogen and oxygen atoms in total. The molecule has 2 aromatic carbocycles. The molecule has 27 heavy (non-hydrogen) atoms. The third-order valence-electron chi connectivity index (χ3n) is 3.60. The lowest BCUT2D eigenvalue weighted by Crippen LogP contribution is -2.41. The summed E-state index contributed by atoms with van der Waals surface area (Å²) in [5, 5.41) is 1.94. The highest BCUT2D eigenvalue weighted by molar-refractivity contribution is 7.89. The SMILES string of the molecule is Cc1ccc(S(=O)(=O)N[C@@H](C)C(=O)Nc2ccc(Cl)cc2C(F)(F)F)cc1. The minimum Gasteiger partial charge on any atom is -0.324 e. The van der Waals surface area contributed by atoms with Gasteiger partial charge in [-0.05, 0) is 44.2 Å². The van der Waals surface area contributed by atoms with Gasteiger partial charge in [-0.2, -0.15) is 17.9 Å². The number of alkyl halides is 3. The first kappa shape index (κ1) is 21.2. The summed E-state index contributed by atoms with van der Waals surface area (Å²) < 4.78 is 66.0. The van der Waals surface area contributed by atoms with Gasteiger partial charge in [0.15, 0.2) is 0 Å². The molecule has 2 aromatic rings. The van der Waals surface area contributed by atoms with Gasteiger partial charge < -0.3 is 5.32 Å². The average molecular weight is 421 g/mol. The van der Waals surface area contributed by atoms with Crippen molar-refractivity contribution >= 4 is 33.2 Å². The van der Waals surface area contributed by atoms with E-state index in [1.807, 2.05) is 0 Å². The van der Waals surface area contributed by atoms with Crippen LogP contribution in [-0.2, 0) is 21.0 Å². The minimum atomic E-state index is -4.74. The van der Waals surface area contributed by atoms with Gasteiger partial charge in [0.1, 0.15) is 0 Å². The van der Waals surface area contributed by atoms with Crippen molar-refractivity contribution in [3.63, 3.8) is 0 Å². The molecule has 1 amide bonds. The molecule has 0 radical (unpaired) electrons. The number of hydrogen-bond acceptors (Lipinski definition) is 3. The van der Waals surface area contributed by atoms with Crippen molar-refractivity contribution in [3.05, 3.63) is 58.6 Å². The lowest BCUT2D eigenvalue weighted by atomic mass is 10.1. The summed E-state index contributed by atoms with van der Waals surface area (Å²) in [6.45, 7) is 3.01. The van der Waals surface area contributed by atoms with Gasteiger partial charge in [0.2, 0.25) is 15.9 Å². The van der Waals surface area contributed by atoms with Crippen molar-refractivity contribution in [2.45, 2.75) is 31.0 Å². The standard InChI is InChI=1S/C17H16ClF3N2O3S/c1-10-3-6-13(7-4-10)27(25,26)23-11(2)16(24)22-15-8-5-12(18)9-14(15)17(19,20)21/h3-9,11,23H,1-2H3,(H,22,24)/t11-/m0/s1. The van der Waals surface area contributed by atoms with Crippen LogP contribution in [0.4, 0.5) is 18.9 Å². The molecule has 0 heterocycles. The van der Waals surface area contributed by atoms with Crippen molar-refractivity contribution in [1.82, 2.24) is 4.72 Å². The Morgan fingerprint density at radius 1 is 1.11 bits per heavy atom. The van der Waals surface area contributed by atoms with Crippen molar-refractivity contribution in [2.24, 2.45) is 0 Å². The molecule has 0 aliphatic carbocycles. The molecule has 2 rings (SSSR count). The monoisotopic (exact) mass is 420 g/mol. The highest BCUT2D eigenvalue weighted by Gasteiger charge is 2.34. The molecule has 0 saturated carbocycles. The lowest BCUT2D eigenvalue weighted by Gasteiger charge is -2.17. The first-order chi connectivity index (χ1) is 12.4. The highest BCUT2D eigenvalue weighted by Crippen LogP contribution is 2.36. The van der Waals surface area contributed by atoms with Crippen molar-refractivity contribution < 1.29 is 26.4 Å². The van der Waals surface area contributed by atoms with Crippen LogP contribution in [0.15, 0.2) is 47.4 Å². The second kappa shape index (κ2) is 7.87. The quantitative estimate of drug-likeness (QED) is 0.768. The van der Waals surface area contributed by atoms with Gasteiger partial charge in [-0.15, -0.1) is 0 Å². The molecule has 0 unspecified atom stereocenters. The van der Waals surface area contributed by atoms with Crippen molar-refractivity contribution in [1.29, 1.82) is 0 Å². The summed E-state index contributed by atoms with van der Waals surface area (Å²) in [4.78, 5) is 12.1. The van der Waals surface area contributed by atoms with E-state index in [2.05, 4.69) is 10.0 Å². The van der Waals surface area contributed by atoms with Crippen LogP contribution in [0.2, 0.25) is 5.02 Å². The van der Waals surface area contributed by atoms with Crippen LogP contribution in [0.1, 0.15) is 18.1 Å². The molecule has 0 aliphatic rings. The van der Waals surface area contributed by atoms with E-state index in [4.69, 9.17) is 11.6 Å². The Hall–Kier alpha value is -2.10. The Kier molecular flexibility index (Phi) is 6.18. The average Bonchev–Trinajstić information content (AvgIpc) is 2.55. The number of amides is 1. The Labute approximate surface area is 159 Å². The number of hydrogen-bond donors (Lipinski definition) is 2. The molecular weight excluding hydrogens is 405 g/mol. The lowest BCUT2D eigenvalue weighted by molar-refractivity contribution is -0.137. The number of aryl methyl sites for hydroxylation is 1. The second-order valence-electron chi connectivity index (χ2n) is 5.83. The minimum absolute atomic E-state index is 0.0600. The summed E-state index contributed by atoms with van der Waals surface area (Å²) >= 11 is 5.58. The highest BCUT2D eigenvalue weighted by atomic mass is 35.5. The Bertz CT molecular complexity index is 945. The van der Waals surface area contributed by atoms with Crippen LogP contribution in [0.5, 0.6) is 0 Å². The largest absolute Gasteiger partial charge is 0.418 e. The van der Waals surface area contributed by atoms with Gasteiger partial charge in [-0.25, -0.2) is 8.42 Å². The maximum absolute atomic E-state index is 13.1. The fraction of sp³-hybridized carbons (Fsp3) is 0.235. The van der Waals surface area contributed by atoms with E-state index in [9.17, 15) is 26.4 Å². The number of carbonyl (C=O) groups is 1. The predicted molar refractivity (Wildman–Crippen MR) is 96.0 cm³/mol. The number of rotatable bonds is 5. The van der Waals surface area contributed by atoms with Crippen LogP contribution >= 0.6 is 11.6 Å². The zero-order chi connectivity index (χ0) is 20.4. The number of sulfonamides is 1. The molecular formula is C17H16ClF3N2O3S. The van der Waals surface area contributed by atoms with E-state index >= 15 is 0 Å². The zero-order valence-corrected chi connectivity index (χ0v) is 15.8. The first-order valence-electron chi connectivity index (χ1n) is 7.67. The normalized spacial score (nSPS) is 13.3. The molecule has 0 saturated heterocycles. The fourth-order valence-corrected chi connectivity index (χ4v) is 3.55. The van der Waals surface area contributed by atoms with Crippen molar-refractivity contribution in [3.8, 4) is 0 Å². The summed E-state index contributed by atoms with van der Waals surface area (Å²) in [6, 6.07) is 7.46. The van der Waals surface area contributed by atoms with E-state index in [0.717, 1.165) is 11.6 Å². The molecule has 1 atom stereocenters. The third kappa shape index (κ3) is 5.44. The number of carbonyl (C=O) groups excluding carboxylic acids is 1. The number of benzene rings is 2. The second-order valence-corrected chi connectivity index (χ2v) is 7.98. The van der Waals surface area contributed by atoms with Crippen LogP contribution in [-0.4, -0.2) is 20.4 Å². The summed E-state index contributed by atoms with van der Waals surface area (Å²) in [6.07, 6.45) is -4.74. The topological polar surface area (TPSA) is 75.3 Å². The Morgan fingerprint density at radius 2 is 1.70 bits per heavy atom. The van der Waals surface area contributed by atoms with Gasteiger partial charge in [-0.1, -0.05) is 29.3 Å². The molecule has 0 aliphatic heterocycles. The molecule has 146 valence electrons. The van der Waals surface area contributed by atoms with E-state index in [1.54, 1.807) is 19.1 Å². The molecule has 2 N–H and O–H groups in total. The van der Waals surface area contributed by atoms with Crippen molar-refractivity contribution in [2.75, 3.05) is 5.32 Å². The number of halogens is 4. The predicted octanol–water partition coefficient (Wildman–Crippen LogP) is 3.97. The summed E-state index contributed by atoms with van der Waals surface area (Å²) in [7, 11) is -4.01. The summed E-state index contributed by atoms with van der Waals surface area (Å²) in [5.41, 5.74) is -0.794. The maximum Gasteiger partial charge on any atom is 0.418 e. The Balaban J connectivity index is 2.18. The van der Waals surface area contributed by atoms with E-state index < -0.39 is 39.4 Å².